The van der Waals surface area contributed by atoms with Crippen LogP contribution in [0.5, 0.6) is 0 Å². The minimum absolute atomic E-state index is 0.183. The van der Waals surface area contributed by atoms with E-state index in [0.29, 0.717) is 12.1 Å². The molecule has 0 saturated carbocycles. The zero-order chi connectivity index (χ0) is 15.3. The van der Waals surface area contributed by atoms with Gasteiger partial charge in [-0.1, -0.05) is 17.8 Å². The van der Waals surface area contributed by atoms with Crippen molar-refractivity contribution in [2.24, 2.45) is 5.16 Å². The molecular formula is C13H20N2O5. The largest absolute Gasteiger partial charge is 0.479 e. The molecule has 1 fully saturated rings. The summed E-state index contributed by atoms with van der Waals surface area (Å²) in [6.45, 7) is 9.05. The van der Waals surface area contributed by atoms with Crippen molar-refractivity contribution in [2.45, 2.75) is 38.8 Å². The number of carbonyl (C=O) groups excluding carboxylic acids is 1. The van der Waals surface area contributed by atoms with Crippen LogP contribution < -0.4 is 0 Å². The van der Waals surface area contributed by atoms with Crippen LogP contribution >= 0.6 is 0 Å². The average Bonchev–Trinajstić information content (AvgIpc) is 2.71. The quantitative estimate of drug-likeness (QED) is 0.481. The van der Waals surface area contributed by atoms with Crippen molar-refractivity contribution in [2.75, 3.05) is 13.2 Å². The maximum atomic E-state index is 12.0. The first-order valence-corrected chi connectivity index (χ1v) is 6.28. The number of ether oxygens (including phenoxy) is 1. The normalized spacial score (nSPS) is 20.9. The zero-order valence-electron chi connectivity index (χ0n) is 12.0. The van der Waals surface area contributed by atoms with Gasteiger partial charge in [0.1, 0.15) is 12.2 Å². The zero-order valence-corrected chi connectivity index (χ0v) is 12.0. The van der Waals surface area contributed by atoms with Crippen molar-refractivity contribution in [3.05, 3.63) is 12.7 Å². The number of amides is 1. The van der Waals surface area contributed by atoms with Crippen molar-refractivity contribution in [1.29, 1.82) is 0 Å². The molecule has 7 nitrogen and oxygen atoms in total. The fourth-order valence-corrected chi connectivity index (χ4v) is 1.74. The molecule has 1 amide bonds. The molecule has 1 rings (SSSR count). The van der Waals surface area contributed by atoms with Gasteiger partial charge in [-0.2, -0.15) is 0 Å². The first kappa shape index (κ1) is 16.0. The van der Waals surface area contributed by atoms with Crippen molar-refractivity contribution in [3.8, 4) is 0 Å². The van der Waals surface area contributed by atoms with Gasteiger partial charge in [-0.05, 0) is 20.8 Å². The predicted octanol–water partition coefficient (Wildman–Crippen LogP) is 1.64. The molecule has 1 heterocycles. The number of nitrogens with zero attached hydrogens (tertiary/aromatic N) is 2. The highest BCUT2D eigenvalue weighted by Gasteiger charge is 2.41. The van der Waals surface area contributed by atoms with E-state index in [1.54, 1.807) is 20.8 Å². The number of hydrogen-bond acceptors (Lipinski definition) is 5. The second-order valence-electron chi connectivity index (χ2n) is 5.33. The second-order valence-corrected chi connectivity index (χ2v) is 5.33. The van der Waals surface area contributed by atoms with E-state index in [0.717, 1.165) is 4.90 Å². The highest BCUT2D eigenvalue weighted by Crippen LogP contribution is 2.20. The molecule has 20 heavy (non-hydrogen) atoms. The van der Waals surface area contributed by atoms with Crippen LogP contribution in [-0.4, -0.2) is 52.6 Å². The van der Waals surface area contributed by atoms with Gasteiger partial charge in [-0.15, -0.1) is 0 Å². The van der Waals surface area contributed by atoms with Gasteiger partial charge < -0.3 is 14.7 Å². The first-order chi connectivity index (χ1) is 9.26. The molecule has 0 aromatic rings. The third-order valence-electron chi connectivity index (χ3n) is 2.47. The van der Waals surface area contributed by atoms with E-state index >= 15 is 0 Å². The molecule has 1 aliphatic heterocycles. The lowest BCUT2D eigenvalue weighted by atomic mass is 10.2. The van der Waals surface area contributed by atoms with E-state index in [2.05, 4.69) is 11.7 Å². The van der Waals surface area contributed by atoms with Gasteiger partial charge in [0.05, 0.1) is 5.71 Å². The van der Waals surface area contributed by atoms with E-state index in [-0.39, 0.29) is 13.2 Å². The molecule has 0 spiro atoms. The van der Waals surface area contributed by atoms with Crippen molar-refractivity contribution in [1.82, 2.24) is 4.90 Å². The number of likely N-dealkylation sites (tertiary alicyclic amines) is 1. The van der Waals surface area contributed by atoms with Gasteiger partial charge >= 0.3 is 12.1 Å². The second kappa shape index (κ2) is 6.40. The third-order valence-corrected chi connectivity index (χ3v) is 2.47. The summed E-state index contributed by atoms with van der Waals surface area (Å²) in [5.41, 5.74) is -0.385. The summed E-state index contributed by atoms with van der Waals surface area (Å²) in [7, 11) is 0. The number of hydrogen-bond donors (Lipinski definition) is 1. The van der Waals surface area contributed by atoms with E-state index in [1.807, 2.05) is 0 Å². The van der Waals surface area contributed by atoms with Crippen LogP contribution in [0.2, 0.25) is 0 Å². The Morgan fingerprint density at radius 1 is 1.55 bits per heavy atom. The third kappa shape index (κ3) is 4.25. The molecule has 1 N–H and O–H groups in total. The van der Waals surface area contributed by atoms with E-state index in [1.165, 1.54) is 6.08 Å². The maximum Gasteiger partial charge on any atom is 0.411 e. The van der Waals surface area contributed by atoms with Crippen LogP contribution in [0.3, 0.4) is 0 Å². The number of carboxylic acid groups (broad SMARTS) is 1. The molecule has 1 aliphatic rings. The van der Waals surface area contributed by atoms with Crippen LogP contribution in [0.1, 0.15) is 27.2 Å². The summed E-state index contributed by atoms with van der Waals surface area (Å²) in [6.07, 6.45) is 1.17. The highest BCUT2D eigenvalue weighted by molar-refractivity contribution is 6.09. The summed E-state index contributed by atoms with van der Waals surface area (Å²) >= 11 is 0. The summed E-state index contributed by atoms with van der Waals surface area (Å²) < 4.78 is 5.19. The number of aliphatic carboxylic acids is 1. The van der Waals surface area contributed by atoms with Crippen LogP contribution in [0, 0.1) is 0 Å². The van der Waals surface area contributed by atoms with E-state index < -0.39 is 23.7 Å². The van der Waals surface area contributed by atoms with Gasteiger partial charge in [-0.3, -0.25) is 4.90 Å². The molecule has 1 unspecified atom stereocenters. The molecule has 7 heteroatoms. The Morgan fingerprint density at radius 3 is 2.70 bits per heavy atom. The summed E-state index contributed by atoms with van der Waals surface area (Å²) in [4.78, 5) is 29.3. The number of carbonyl (C=O) groups is 2. The highest BCUT2D eigenvalue weighted by atomic mass is 16.6. The molecule has 0 aliphatic carbocycles. The van der Waals surface area contributed by atoms with E-state index in [9.17, 15) is 14.7 Å². The Balaban J connectivity index is 2.83. The summed E-state index contributed by atoms with van der Waals surface area (Å²) in [5, 5.41) is 13.0. The lowest BCUT2D eigenvalue weighted by Gasteiger charge is -2.26. The van der Waals surface area contributed by atoms with Crippen LogP contribution in [0.25, 0.3) is 0 Å². The number of carboxylic acids is 1. The fourth-order valence-electron chi connectivity index (χ4n) is 1.74. The monoisotopic (exact) mass is 284 g/mol. The first-order valence-electron chi connectivity index (χ1n) is 6.28. The van der Waals surface area contributed by atoms with E-state index in [4.69, 9.17) is 9.57 Å². The maximum absolute atomic E-state index is 12.0. The van der Waals surface area contributed by atoms with Crippen LogP contribution in [0.4, 0.5) is 4.79 Å². The Morgan fingerprint density at radius 2 is 2.20 bits per heavy atom. The lowest BCUT2D eigenvalue weighted by Crippen LogP contribution is -2.45. The minimum Gasteiger partial charge on any atom is -0.479 e. The minimum atomic E-state index is -1.16. The summed E-state index contributed by atoms with van der Waals surface area (Å²) in [5.74, 6) is -1.16. The topological polar surface area (TPSA) is 88.4 Å². The number of oxime groups is 1. The average molecular weight is 284 g/mol. The SMILES string of the molecule is C=CCO/N=C1\CCN(C(=O)OC(C)(C)C)C1C(=O)O. The van der Waals surface area contributed by atoms with Gasteiger partial charge in [0.15, 0.2) is 6.04 Å². The lowest BCUT2D eigenvalue weighted by molar-refractivity contribution is -0.140. The molecule has 0 aromatic carbocycles. The van der Waals surface area contributed by atoms with Crippen molar-refractivity contribution < 1.29 is 24.3 Å². The van der Waals surface area contributed by atoms with Gasteiger partial charge in [-0.25, -0.2) is 9.59 Å². The van der Waals surface area contributed by atoms with Crippen LogP contribution in [-0.2, 0) is 14.4 Å². The predicted molar refractivity (Wildman–Crippen MR) is 72.6 cm³/mol. The Hall–Kier alpha value is -2.05. The molecule has 1 atom stereocenters. The molecule has 1 saturated heterocycles. The van der Waals surface area contributed by atoms with Gasteiger partial charge in [0.25, 0.3) is 0 Å². The smallest absolute Gasteiger partial charge is 0.411 e. The van der Waals surface area contributed by atoms with Crippen molar-refractivity contribution in [3.63, 3.8) is 0 Å². The molecular weight excluding hydrogens is 264 g/mol. The molecule has 0 aromatic heterocycles. The number of rotatable bonds is 4. The standard InChI is InChI=1S/C13H20N2O5/c1-5-8-19-14-9-6-7-15(10(9)11(16)17)12(18)20-13(2,3)4/h5,10H,1,6-8H2,2-4H3,(H,16,17)/b14-9+. The van der Waals surface area contributed by atoms with Gasteiger partial charge in [0, 0.05) is 13.0 Å². The molecule has 112 valence electrons. The van der Waals surface area contributed by atoms with Crippen molar-refractivity contribution >= 4 is 17.8 Å². The molecule has 0 radical (unpaired) electrons. The fraction of sp³-hybridized carbons (Fsp3) is 0.615. The Kier molecular flexibility index (Phi) is 5.12. The van der Waals surface area contributed by atoms with Crippen LogP contribution in [0.15, 0.2) is 17.8 Å². The molecule has 0 bridgehead atoms. The Labute approximate surface area is 117 Å². The van der Waals surface area contributed by atoms with Gasteiger partial charge in [0.2, 0.25) is 0 Å². The summed E-state index contributed by atoms with van der Waals surface area (Å²) in [6, 6.07) is -1.14. The Bertz CT molecular complexity index is 425.